The van der Waals surface area contributed by atoms with E-state index in [1.54, 1.807) is 0 Å². The topological polar surface area (TPSA) is 46.9 Å². The smallest absolute Gasteiger partial charge is 0.225 e. The molecule has 1 aromatic heterocycles. The van der Waals surface area contributed by atoms with Gasteiger partial charge in [-0.15, -0.1) is 0 Å². The van der Waals surface area contributed by atoms with E-state index in [0.717, 1.165) is 35.1 Å². The largest absolute Gasteiger partial charge is 0.311 e. The van der Waals surface area contributed by atoms with Gasteiger partial charge in [-0.2, -0.15) is 5.10 Å². The van der Waals surface area contributed by atoms with Crippen LogP contribution in [0.1, 0.15) is 76.1 Å². The summed E-state index contributed by atoms with van der Waals surface area (Å²) in [5.74, 6) is 1.58. The Kier molecular flexibility index (Phi) is 5.73. The molecule has 1 fully saturated rings. The van der Waals surface area contributed by atoms with Gasteiger partial charge >= 0.3 is 0 Å². The number of amides is 1. The SMILES string of the molecule is Cc1ccc(-n2nc(C(C)(C)C)cc2NC(=O)CCC2CCCC2)c(C)c1. The second-order valence-electron chi connectivity index (χ2n) is 9.10. The molecule has 0 saturated heterocycles. The van der Waals surface area contributed by atoms with Gasteiger partial charge in [0, 0.05) is 17.9 Å². The summed E-state index contributed by atoms with van der Waals surface area (Å²) in [7, 11) is 0. The fraction of sp³-hybridized carbons (Fsp3) is 0.565. The molecule has 0 radical (unpaired) electrons. The van der Waals surface area contributed by atoms with Crippen molar-refractivity contribution in [1.82, 2.24) is 9.78 Å². The van der Waals surface area contributed by atoms with Gasteiger partial charge in [-0.05, 0) is 37.8 Å². The lowest BCUT2D eigenvalue weighted by Crippen LogP contribution is -2.16. The lowest BCUT2D eigenvalue weighted by atomic mass is 9.92. The van der Waals surface area contributed by atoms with Gasteiger partial charge in [-0.25, -0.2) is 4.68 Å². The number of aryl methyl sites for hydroxylation is 2. The number of nitrogens with zero attached hydrogens (tertiary/aromatic N) is 2. The maximum atomic E-state index is 12.6. The zero-order valence-electron chi connectivity index (χ0n) is 17.4. The van der Waals surface area contributed by atoms with E-state index < -0.39 is 0 Å². The molecule has 3 rings (SSSR count). The molecule has 146 valence electrons. The predicted molar refractivity (Wildman–Crippen MR) is 112 cm³/mol. The van der Waals surface area contributed by atoms with Crippen LogP contribution >= 0.6 is 0 Å². The minimum Gasteiger partial charge on any atom is -0.311 e. The Morgan fingerprint density at radius 1 is 1.19 bits per heavy atom. The fourth-order valence-corrected chi connectivity index (χ4v) is 3.90. The van der Waals surface area contributed by atoms with Crippen LogP contribution in [0.25, 0.3) is 5.69 Å². The van der Waals surface area contributed by atoms with Crippen LogP contribution in [0.2, 0.25) is 0 Å². The third-order valence-electron chi connectivity index (χ3n) is 5.58. The Labute approximate surface area is 163 Å². The van der Waals surface area contributed by atoms with E-state index in [9.17, 15) is 4.79 Å². The first-order valence-corrected chi connectivity index (χ1v) is 10.2. The van der Waals surface area contributed by atoms with Gasteiger partial charge in [0.1, 0.15) is 5.82 Å². The minimum atomic E-state index is -0.0762. The fourth-order valence-electron chi connectivity index (χ4n) is 3.90. The first-order valence-electron chi connectivity index (χ1n) is 10.2. The lowest BCUT2D eigenvalue weighted by molar-refractivity contribution is -0.116. The normalized spacial score (nSPS) is 15.3. The van der Waals surface area contributed by atoms with Crippen molar-refractivity contribution in [3.8, 4) is 5.69 Å². The molecular formula is C23H33N3O. The Morgan fingerprint density at radius 3 is 2.52 bits per heavy atom. The van der Waals surface area contributed by atoms with Crippen LogP contribution in [0.3, 0.4) is 0 Å². The van der Waals surface area contributed by atoms with Crippen LogP contribution in [0, 0.1) is 19.8 Å². The van der Waals surface area contributed by atoms with Gasteiger partial charge in [0.15, 0.2) is 0 Å². The van der Waals surface area contributed by atoms with E-state index in [0.29, 0.717) is 6.42 Å². The molecule has 1 amide bonds. The second kappa shape index (κ2) is 7.87. The van der Waals surface area contributed by atoms with Crippen molar-refractivity contribution < 1.29 is 4.79 Å². The number of benzene rings is 1. The van der Waals surface area contributed by atoms with Gasteiger partial charge in [0.2, 0.25) is 5.91 Å². The highest BCUT2D eigenvalue weighted by Gasteiger charge is 2.22. The zero-order chi connectivity index (χ0) is 19.6. The molecule has 0 bridgehead atoms. The van der Waals surface area contributed by atoms with Crippen molar-refractivity contribution in [3.05, 3.63) is 41.1 Å². The summed E-state index contributed by atoms with van der Waals surface area (Å²) in [6.07, 6.45) is 6.79. The average Bonchev–Trinajstić information content (AvgIpc) is 3.22. The molecule has 4 heteroatoms. The number of hydrogen-bond donors (Lipinski definition) is 1. The lowest BCUT2D eigenvalue weighted by Gasteiger charge is -2.14. The van der Waals surface area contributed by atoms with Gasteiger partial charge in [0.05, 0.1) is 11.4 Å². The average molecular weight is 368 g/mol. The third kappa shape index (κ3) is 4.79. The molecule has 1 N–H and O–H groups in total. The number of nitrogens with one attached hydrogen (secondary N) is 1. The molecule has 1 aromatic carbocycles. The van der Waals surface area contributed by atoms with Gasteiger partial charge in [-0.1, -0.05) is 64.2 Å². The summed E-state index contributed by atoms with van der Waals surface area (Å²) in [5, 5.41) is 7.96. The number of anilines is 1. The number of carbonyl (C=O) groups is 1. The molecule has 1 aliphatic carbocycles. The van der Waals surface area contributed by atoms with Crippen LogP contribution in [0.15, 0.2) is 24.3 Å². The molecule has 2 aromatic rings. The van der Waals surface area contributed by atoms with E-state index >= 15 is 0 Å². The van der Waals surface area contributed by atoms with E-state index in [1.807, 2.05) is 10.7 Å². The van der Waals surface area contributed by atoms with E-state index in [-0.39, 0.29) is 11.3 Å². The summed E-state index contributed by atoms with van der Waals surface area (Å²) < 4.78 is 1.89. The molecule has 0 aliphatic heterocycles. The molecule has 1 heterocycles. The Bertz CT molecular complexity index is 808. The molecule has 0 atom stereocenters. The number of rotatable bonds is 5. The molecule has 27 heavy (non-hydrogen) atoms. The van der Waals surface area contributed by atoms with E-state index in [1.165, 1.54) is 31.2 Å². The van der Waals surface area contributed by atoms with Crippen molar-refractivity contribution in [3.63, 3.8) is 0 Å². The highest BCUT2D eigenvalue weighted by molar-refractivity contribution is 5.90. The highest BCUT2D eigenvalue weighted by Crippen LogP contribution is 2.30. The van der Waals surface area contributed by atoms with Gasteiger partial charge < -0.3 is 5.32 Å². The number of aromatic nitrogens is 2. The first kappa shape index (κ1) is 19.7. The van der Waals surface area contributed by atoms with Gasteiger partial charge in [-0.3, -0.25) is 4.79 Å². The monoisotopic (exact) mass is 367 g/mol. The molecule has 0 unspecified atom stereocenters. The third-order valence-corrected chi connectivity index (χ3v) is 5.58. The Morgan fingerprint density at radius 2 is 1.89 bits per heavy atom. The molecule has 0 spiro atoms. The van der Waals surface area contributed by atoms with Gasteiger partial charge in [0.25, 0.3) is 0 Å². The van der Waals surface area contributed by atoms with Crippen molar-refractivity contribution in [1.29, 1.82) is 0 Å². The first-order chi connectivity index (χ1) is 12.7. The van der Waals surface area contributed by atoms with Crippen molar-refractivity contribution in [2.45, 2.75) is 78.6 Å². The van der Waals surface area contributed by atoms with E-state index in [2.05, 4.69) is 58.1 Å². The maximum Gasteiger partial charge on any atom is 0.225 e. The molecule has 1 saturated carbocycles. The van der Waals surface area contributed by atoms with Crippen LogP contribution in [-0.4, -0.2) is 15.7 Å². The summed E-state index contributed by atoms with van der Waals surface area (Å²) in [4.78, 5) is 12.6. The number of hydrogen-bond acceptors (Lipinski definition) is 2. The van der Waals surface area contributed by atoms with Crippen LogP contribution in [-0.2, 0) is 10.2 Å². The van der Waals surface area contributed by atoms with Crippen LogP contribution in [0.4, 0.5) is 5.82 Å². The quantitative estimate of drug-likeness (QED) is 0.737. The maximum absolute atomic E-state index is 12.6. The van der Waals surface area contributed by atoms with Crippen molar-refractivity contribution in [2.24, 2.45) is 5.92 Å². The zero-order valence-corrected chi connectivity index (χ0v) is 17.4. The highest BCUT2D eigenvalue weighted by atomic mass is 16.1. The standard InChI is InChI=1S/C23H33N3O/c1-16-10-12-19(17(2)14-16)26-21(15-20(25-26)23(3,4)5)24-22(27)13-11-18-8-6-7-9-18/h10,12,14-15,18H,6-9,11,13H2,1-5H3,(H,24,27). The molecular weight excluding hydrogens is 334 g/mol. The van der Waals surface area contributed by atoms with E-state index in [4.69, 9.17) is 5.10 Å². The summed E-state index contributed by atoms with van der Waals surface area (Å²) in [6.45, 7) is 10.6. The van der Waals surface area contributed by atoms with Crippen molar-refractivity contribution in [2.75, 3.05) is 5.32 Å². The second-order valence-corrected chi connectivity index (χ2v) is 9.10. The Hall–Kier alpha value is -2.10. The van der Waals surface area contributed by atoms with Crippen LogP contribution in [0.5, 0.6) is 0 Å². The molecule has 4 nitrogen and oxygen atoms in total. The summed E-state index contributed by atoms with van der Waals surface area (Å²) >= 11 is 0. The Balaban J connectivity index is 1.84. The summed E-state index contributed by atoms with van der Waals surface area (Å²) in [5.41, 5.74) is 4.30. The minimum absolute atomic E-state index is 0.0762. The number of carbonyl (C=O) groups excluding carboxylic acids is 1. The van der Waals surface area contributed by atoms with Crippen LogP contribution < -0.4 is 5.32 Å². The molecule has 1 aliphatic rings. The summed E-state index contributed by atoms with van der Waals surface area (Å²) in [6, 6.07) is 8.34. The van der Waals surface area contributed by atoms with Crippen molar-refractivity contribution >= 4 is 11.7 Å². The predicted octanol–water partition coefficient (Wildman–Crippen LogP) is 5.70.